The summed E-state index contributed by atoms with van der Waals surface area (Å²) < 4.78 is 59.2. The molecule has 8 heteroatoms. The Morgan fingerprint density at radius 2 is 0.909 bits per heavy atom. The number of halogens is 6. The Bertz CT molecular complexity index is 411. The number of hydrogen-bond donors (Lipinski definition) is 0. The number of fused-ring (bicyclic) bond motifs is 1. The van der Waals surface area contributed by atoms with Gasteiger partial charge in [0.15, 0.2) is 0 Å². The van der Waals surface area contributed by atoms with Crippen molar-refractivity contribution in [3.63, 3.8) is 0 Å². The third-order valence-electron chi connectivity index (χ3n) is 2.57. The molecule has 0 aromatic heterocycles. The maximum absolute atomic E-state index is 10.7. The van der Waals surface area contributed by atoms with Gasteiger partial charge in [-0.25, -0.2) is 0 Å². The quantitative estimate of drug-likeness (QED) is 0.269. The zero-order valence-electron chi connectivity index (χ0n) is 11.4. The molecular weight excluding hydrogens is 369 g/mol. The molecule has 0 unspecified atom stereocenters. The molecule has 2 aliphatic rings. The first kappa shape index (κ1) is 21.7. The summed E-state index contributed by atoms with van der Waals surface area (Å²) in [4.78, 5) is 0. The summed E-state index contributed by atoms with van der Waals surface area (Å²) in [5.41, 5.74) is 3.13. The van der Waals surface area contributed by atoms with E-state index in [1.165, 1.54) is 19.3 Å². The molecule has 0 heterocycles. The van der Waals surface area contributed by atoms with E-state index in [0.29, 0.717) is 0 Å². The van der Waals surface area contributed by atoms with Crippen LogP contribution >= 0.6 is 7.81 Å². The average Bonchev–Trinajstić information content (AvgIpc) is 3.00. The predicted octanol–water partition coefficient (Wildman–Crippen LogP) is 6.58. The zero-order valence-corrected chi connectivity index (χ0v) is 13.4. The molecule has 0 N–H and O–H groups in total. The summed E-state index contributed by atoms with van der Waals surface area (Å²) in [5.74, 6) is 0. The minimum Gasteiger partial charge on any atom is -0.0620 e. The second-order valence-corrected chi connectivity index (χ2v) is 6.46. The molecule has 0 saturated heterocycles. The minimum absolute atomic E-state index is 0. The van der Waals surface area contributed by atoms with Gasteiger partial charge in [-0.2, -0.15) is 0 Å². The van der Waals surface area contributed by atoms with Gasteiger partial charge >= 0.3 is 50.1 Å². The van der Waals surface area contributed by atoms with Crippen molar-refractivity contribution in [3.8, 4) is 0 Å². The summed E-state index contributed by atoms with van der Waals surface area (Å²) in [7, 11) is -10.7. The van der Waals surface area contributed by atoms with Crippen molar-refractivity contribution in [3.05, 3.63) is 67.5 Å². The molecule has 1 saturated carbocycles. The van der Waals surface area contributed by atoms with Crippen LogP contribution in [0.3, 0.4) is 0 Å². The Kier molecular flexibility index (Phi) is 7.46. The van der Waals surface area contributed by atoms with Crippen molar-refractivity contribution >= 4 is 7.81 Å². The molecule has 0 bridgehead atoms. The number of hydrogen-bond acceptors (Lipinski definition) is 0. The Balaban J connectivity index is 0.000000307. The van der Waals surface area contributed by atoms with E-state index in [-0.39, 0.29) is 17.1 Å². The molecule has 2 aliphatic carbocycles. The van der Waals surface area contributed by atoms with Crippen molar-refractivity contribution in [2.75, 3.05) is 0 Å². The molecule has 0 spiro atoms. The monoisotopic (exact) mass is 384 g/mol. The van der Waals surface area contributed by atoms with E-state index in [4.69, 9.17) is 0 Å². The maximum Gasteiger partial charge on any atom is 2.00 e. The van der Waals surface area contributed by atoms with Crippen molar-refractivity contribution in [1.82, 2.24) is 0 Å². The normalized spacial score (nSPS) is 19.2. The predicted molar refractivity (Wildman–Crippen MR) is 73.5 cm³/mol. The largest absolute Gasteiger partial charge is 2.00 e. The third kappa shape index (κ3) is 14.7. The summed E-state index contributed by atoms with van der Waals surface area (Å²) in [5, 5.41) is 0. The molecule has 22 heavy (non-hydrogen) atoms. The van der Waals surface area contributed by atoms with Gasteiger partial charge < -0.3 is 0 Å². The van der Waals surface area contributed by atoms with Gasteiger partial charge in [-0.05, 0) is 62.5 Å². The van der Waals surface area contributed by atoms with E-state index >= 15 is 0 Å². The molecule has 0 aliphatic heterocycles. The SMILES string of the molecule is F[P-](F)(F)(F)(F)F.[CH]1[CH][CH][CH][CH]1.[Fe+2].c1ccc2c(c1)CCC2. The zero-order chi connectivity index (χ0) is 16.0. The second kappa shape index (κ2) is 7.55. The maximum atomic E-state index is 9.87. The summed E-state index contributed by atoms with van der Waals surface area (Å²) in [6.07, 6.45) is 14.0. The molecule has 3 rings (SSSR count). The van der Waals surface area contributed by atoms with E-state index in [1.54, 1.807) is 11.1 Å². The third-order valence-corrected chi connectivity index (χ3v) is 2.57. The summed E-state index contributed by atoms with van der Waals surface area (Å²) in [6, 6.07) is 8.74. The van der Waals surface area contributed by atoms with E-state index in [9.17, 15) is 25.2 Å². The number of benzene rings is 1. The van der Waals surface area contributed by atoms with Crippen LogP contribution in [0.15, 0.2) is 24.3 Å². The number of rotatable bonds is 0. The van der Waals surface area contributed by atoms with Crippen molar-refractivity contribution in [2.24, 2.45) is 0 Å². The Morgan fingerprint density at radius 1 is 0.636 bits per heavy atom. The van der Waals surface area contributed by atoms with Gasteiger partial charge in [0.05, 0.1) is 0 Å². The second-order valence-electron chi connectivity index (χ2n) is 4.54. The van der Waals surface area contributed by atoms with Crippen LogP contribution in [0, 0.1) is 32.1 Å². The first-order valence-corrected chi connectivity index (χ1v) is 8.24. The van der Waals surface area contributed by atoms with Crippen LogP contribution in [0.2, 0.25) is 0 Å². The van der Waals surface area contributed by atoms with E-state index in [2.05, 4.69) is 24.3 Å². The summed E-state index contributed by atoms with van der Waals surface area (Å²) >= 11 is 0. The standard InChI is InChI=1S/C9H10.C5H5.F6P.Fe/c1-2-5-9-7-3-6-8(9)4-1;1-2-4-5-3-1;1-7(2,3,4,5)6;/h1-2,4-5H,3,6-7H2;1-5H;;/q;;-1;+2. The first-order valence-electron chi connectivity index (χ1n) is 6.22. The topological polar surface area (TPSA) is 0 Å². The van der Waals surface area contributed by atoms with Crippen LogP contribution in [0.25, 0.3) is 0 Å². The van der Waals surface area contributed by atoms with Crippen LogP contribution in [-0.4, -0.2) is 0 Å². The minimum atomic E-state index is -10.7. The van der Waals surface area contributed by atoms with Gasteiger partial charge in [-0.15, -0.1) is 0 Å². The first-order chi connectivity index (χ1) is 9.42. The Hall–Kier alpha value is -0.251. The summed E-state index contributed by atoms with van der Waals surface area (Å²) in [6.45, 7) is 0. The van der Waals surface area contributed by atoms with Crippen LogP contribution < -0.4 is 0 Å². The van der Waals surface area contributed by atoms with Crippen molar-refractivity contribution in [1.29, 1.82) is 0 Å². The fourth-order valence-electron chi connectivity index (χ4n) is 1.84. The van der Waals surface area contributed by atoms with Gasteiger partial charge in [0.1, 0.15) is 0 Å². The van der Waals surface area contributed by atoms with E-state index < -0.39 is 7.81 Å². The smallest absolute Gasteiger partial charge is 0.0620 e. The number of aryl methyl sites for hydroxylation is 2. The fourth-order valence-corrected chi connectivity index (χ4v) is 1.84. The van der Waals surface area contributed by atoms with Gasteiger partial charge in [-0.3, -0.25) is 0 Å². The average molecular weight is 384 g/mol. The van der Waals surface area contributed by atoms with Crippen LogP contribution in [0.4, 0.5) is 25.2 Å². The van der Waals surface area contributed by atoms with Gasteiger partial charge in [-0.1, -0.05) is 24.3 Å². The molecule has 0 amide bonds. The molecule has 1 aromatic rings. The van der Waals surface area contributed by atoms with Gasteiger partial charge in [0.25, 0.3) is 0 Å². The van der Waals surface area contributed by atoms with Crippen molar-refractivity contribution in [2.45, 2.75) is 19.3 Å². The molecule has 0 atom stereocenters. The van der Waals surface area contributed by atoms with Crippen LogP contribution in [0.5, 0.6) is 0 Å². The Morgan fingerprint density at radius 3 is 1.18 bits per heavy atom. The van der Waals surface area contributed by atoms with Crippen LogP contribution in [-0.2, 0) is 29.9 Å². The van der Waals surface area contributed by atoms with Crippen LogP contribution in [0.1, 0.15) is 17.5 Å². The molecule has 1 fully saturated rings. The molecule has 125 valence electrons. The van der Waals surface area contributed by atoms with Gasteiger partial charge in [0, 0.05) is 0 Å². The Labute approximate surface area is 137 Å². The van der Waals surface area contributed by atoms with Crippen molar-refractivity contribution < 1.29 is 42.3 Å². The van der Waals surface area contributed by atoms with E-state index in [0.717, 1.165) is 0 Å². The van der Waals surface area contributed by atoms with E-state index in [1.807, 2.05) is 32.1 Å². The molecule has 1 aromatic carbocycles. The molecular formula is C14H15F6FeP+. The fraction of sp³-hybridized carbons (Fsp3) is 0.214. The molecule has 0 nitrogen and oxygen atoms in total. The van der Waals surface area contributed by atoms with Gasteiger partial charge in [0.2, 0.25) is 0 Å². The molecule has 5 radical (unpaired) electrons.